The quantitative estimate of drug-likeness (QED) is 0.263. The molecule has 1 heterocycles. The van der Waals surface area contributed by atoms with Gasteiger partial charge in [0, 0.05) is 48.2 Å². The van der Waals surface area contributed by atoms with Crippen molar-refractivity contribution >= 4 is 23.6 Å². The van der Waals surface area contributed by atoms with Crippen LogP contribution in [0.15, 0.2) is 66.7 Å². The summed E-state index contributed by atoms with van der Waals surface area (Å²) in [6.45, 7) is 4.75. The van der Waals surface area contributed by atoms with Crippen LogP contribution in [0.25, 0.3) is 11.1 Å². The topological polar surface area (TPSA) is 79.9 Å². The number of hydrogen-bond donors (Lipinski definition) is 2. The zero-order chi connectivity index (χ0) is 29.2. The minimum atomic E-state index is -0.500. The molecule has 0 unspecified atom stereocenters. The van der Waals surface area contributed by atoms with Crippen LogP contribution in [0.1, 0.15) is 52.9 Å². The van der Waals surface area contributed by atoms with Crippen LogP contribution in [0.2, 0.25) is 5.02 Å². The molecule has 4 rings (SSSR count). The van der Waals surface area contributed by atoms with Gasteiger partial charge in [0.1, 0.15) is 0 Å². The molecule has 0 radical (unpaired) electrons. The Labute approximate surface area is 248 Å². The molecular formula is C33H40ClN3O4. The van der Waals surface area contributed by atoms with E-state index in [1.54, 1.807) is 0 Å². The summed E-state index contributed by atoms with van der Waals surface area (Å²) in [5.74, 6) is 0.0692. The number of amides is 2. The number of methoxy groups -OCH3 is 1. The smallest absolute Gasteiger partial charge is 0.406 e. The molecule has 8 heteroatoms. The van der Waals surface area contributed by atoms with Gasteiger partial charge in [0.05, 0.1) is 19.8 Å². The van der Waals surface area contributed by atoms with E-state index >= 15 is 0 Å². The monoisotopic (exact) mass is 577 g/mol. The van der Waals surface area contributed by atoms with Crippen molar-refractivity contribution in [3.05, 3.63) is 94.0 Å². The lowest BCUT2D eigenvalue weighted by Gasteiger charge is -2.38. The molecule has 0 spiro atoms. The molecule has 2 atom stereocenters. The van der Waals surface area contributed by atoms with Gasteiger partial charge >= 0.3 is 6.09 Å². The van der Waals surface area contributed by atoms with Gasteiger partial charge in [-0.1, -0.05) is 67.1 Å². The lowest BCUT2D eigenvalue weighted by molar-refractivity contribution is -0.0115. The Balaban J connectivity index is 1.63. The maximum Gasteiger partial charge on any atom is 0.406 e. The van der Waals surface area contributed by atoms with Crippen LogP contribution in [-0.2, 0) is 22.4 Å². The Kier molecular flexibility index (Phi) is 11.2. The van der Waals surface area contributed by atoms with Crippen molar-refractivity contribution in [2.45, 2.75) is 38.8 Å². The number of carbonyl (C=O) groups excluding carboxylic acids is 2. The number of nitrogens with zero attached hydrogens (tertiary/aromatic N) is 1. The Morgan fingerprint density at radius 2 is 1.85 bits per heavy atom. The zero-order valence-electron chi connectivity index (χ0n) is 24.1. The fourth-order valence-corrected chi connectivity index (χ4v) is 5.80. The molecule has 0 saturated carbocycles. The van der Waals surface area contributed by atoms with Gasteiger partial charge in [0.15, 0.2) is 0 Å². The summed E-state index contributed by atoms with van der Waals surface area (Å²) < 4.78 is 11.2. The van der Waals surface area contributed by atoms with Gasteiger partial charge in [-0.15, -0.1) is 0 Å². The van der Waals surface area contributed by atoms with Gasteiger partial charge in [-0.25, -0.2) is 4.79 Å². The molecule has 0 bridgehead atoms. The lowest BCUT2D eigenvalue weighted by atomic mass is 9.84. The third-order valence-electron chi connectivity index (χ3n) is 7.59. The number of piperidine rings is 1. The number of rotatable bonds is 11. The summed E-state index contributed by atoms with van der Waals surface area (Å²) in [6.07, 6.45) is 1.86. The molecule has 218 valence electrons. The predicted molar refractivity (Wildman–Crippen MR) is 163 cm³/mol. The van der Waals surface area contributed by atoms with E-state index in [2.05, 4.69) is 47.9 Å². The molecule has 1 fully saturated rings. The molecule has 7 nitrogen and oxygen atoms in total. The second-order valence-corrected chi connectivity index (χ2v) is 10.8. The minimum Gasteiger partial charge on any atom is -0.453 e. The fraction of sp³-hybridized carbons (Fsp3) is 0.394. The SMILES string of the molecule is CCc1cccc(-c2c(Cl)cccc2[C@H](OCCNC(=O)OC)[C@@H]2CCCN(C(=O)c3ccc(CNC)cc3)C2)c1. The number of alkyl carbamates (subject to hydrolysis) is 1. The van der Waals surface area contributed by atoms with Crippen molar-refractivity contribution in [3.8, 4) is 11.1 Å². The first-order valence-electron chi connectivity index (χ1n) is 14.3. The molecule has 2 N–H and O–H groups in total. The molecule has 1 aliphatic rings. The first kappa shape index (κ1) is 30.6. The van der Waals surface area contributed by atoms with Crippen molar-refractivity contribution in [2.75, 3.05) is 40.4 Å². The Morgan fingerprint density at radius 3 is 2.59 bits per heavy atom. The number of carbonyl (C=O) groups is 2. The lowest BCUT2D eigenvalue weighted by Crippen LogP contribution is -2.42. The summed E-state index contributed by atoms with van der Waals surface area (Å²) in [5, 5.41) is 6.49. The van der Waals surface area contributed by atoms with Crippen LogP contribution >= 0.6 is 11.6 Å². The predicted octanol–water partition coefficient (Wildman–Crippen LogP) is 6.25. The van der Waals surface area contributed by atoms with Crippen molar-refractivity contribution < 1.29 is 19.1 Å². The molecule has 41 heavy (non-hydrogen) atoms. The number of aryl methyl sites for hydroxylation is 1. The third kappa shape index (κ3) is 7.88. The van der Waals surface area contributed by atoms with E-state index in [1.807, 2.05) is 48.3 Å². The summed E-state index contributed by atoms with van der Waals surface area (Å²) in [6, 6.07) is 22.1. The Hall–Kier alpha value is -3.39. The average molecular weight is 578 g/mol. The van der Waals surface area contributed by atoms with Gasteiger partial charge in [0.25, 0.3) is 5.91 Å². The highest BCUT2D eigenvalue weighted by Crippen LogP contribution is 2.41. The zero-order valence-corrected chi connectivity index (χ0v) is 24.9. The van der Waals surface area contributed by atoms with E-state index in [1.165, 1.54) is 12.7 Å². The minimum absolute atomic E-state index is 0.0266. The highest BCUT2D eigenvalue weighted by atomic mass is 35.5. The molecule has 1 saturated heterocycles. The normalized spacial score (nSPS) is 15.8. The van der Waals surface area contributed by atoms with E-state index in [-0.39, 0.29) is 24.5 Å². The molecule has 3 aromatic rings. The van der Waals surface area contributed by atoms with Crippen LogP contribution in [-0.4, -0.2) is 57.3 Å². The van der Waals surface area contributed by atoms with E-state index in [4.69, 9.17) is 21.1 Å². The first-order chi connectivity index (χ1) is 19.9. The third-order valence-corrected chi connectivity index (χ3v) is 7.90. The fourth-order valence-electron chi connectivity index (χ4n) is 5.51. The summed E-state index contributed by atoms with van der Waals surface area (Å²) >= 11 is 6.86. The number of likely N-dealkylation sites (tertiary alicyclic amines) is 1. The van der Waals surface area contributed by atoms with E-state index < -0.39 is 6.09 Å². The standard InChI is InChI=1S/C33H40ClN3O4/c1-4-23-8-5-9-26(20-23)30-28(11-6-12-29(30)34)31(41-19-17-36-33(39)40-3)27-10-7-18-37(22-27)32(38)25-15-13-24(14-16-25)21-35-2/h5-6,8-9,11-16,20,27,31,35H,4,7,10,17-19,21-22H2,1-3H3,(H,36,39)/t27-,31-/m1/s1. The van der Waals surface area contributed by atoms with Gasteiger partial charge < -0.3 is 25.0 Å². The number of benzene rings is 3. The molecule has 2 amide bonds. The van der Waals surface area contributed by atoms with E-state index in [0.29, 0.717) is 30.2 Å². The maximum atomic E-state index is 13.5. The maximum absolute atomic E-state index is 13.5. The summed E-state index contributed by atoms with van der Waals surface area (Å²) in [7, 11) is 3.24. The Morgan fingerprint density at radius 1 is 1.07 bits per heavy atom. The van der Waals surface area contributed by atoms with E-state index in [9.17, 15) is 9.59 Å². The average Bonchev–Trinajstić information content (AvgIpc) is 3.01. The van der Waals surface area contributed by atoms with Crippen LogP contribution < -0.4 is 10.6 Å². The number of halogens is 1. The van der Waals surface area contributed by atoms with Crippen molar-refractivity contribution in [1.29, 1.82) is 0 Å². The highest BCUT2D eigenvalue weighted by Gasteiger charge is 2.33. The van der Waals surface area contributed by atoms with Crippen molar-refractivity contribution in [3.63, 3.8) is 0 Å². The van der Waals surface area contributed by atoms with Crippen LogP contribution in [0.4, 0.5) is 4.79 Å². The van der Waals surface area contributed by atoms with Gasteiger partial charge in [-0.05, 0) is 66.8 Å². The van der Waals surface area contributed by atoms with E-state index in [0.717, 1.165) is 48.1 Å². The summed E-state index contributed by atoms with van der Waals surface area (Å²) in [5.41, 5.74) is 6.01. The van der Waals surface area contributed by atoms with Crippen LogP contribution in [0.3, 0.4) is 0 Å². The largest absolute Gasteiger partial charge is 0.453 e. The van der Waals surface area contributed by atoms with Crippen molar-refractivity contribution in [2.24, 2.45) is 5.92 Å². The number of ether oxygens (including phenoxy) is 2. The molecular weight excluding hydrogens is 538 g/mol. The highest BCUT2D eigenvalue weighted by molar-refractivity contribution is 6.33. The number of nitrogens with one attached hydrogen (secondary N) is 2. The van der Waals surface area contributed by atoms with Crippen LogP contribution in [0, 0.1) is 5.92 Å². The molecule has 0 aromatic heterocycles. The second kappa shape index (κ2) is 15.0. The second-order valence-electron chi connectivity index (χ2n) is 10.3. The van der Waals surface area contributed by atoms with Crippen molar-refractivity contribution in [1.82, 2.24) is 15.5 Å². The Bertz CT molecular complexity index is 1310. The molecule has 1 aliphatic heterocycles. The van der Waals surface area contributed by atoms with Gasteiger partial charge in [0.2, 0.25) is 0 Å². The van der Waals surface area contributed by atoms with Crippen LogP contribution in [0.5, 0.6) is 0 Å². The summed E-state index contributed by atoms with van der Waals surface area (Å²) in [4.78, 5) is 27.1. The van der Waals surface area contributed by atoms with Gasteiger partial charge in [-0.2, -0.15) is 0 Å². The first-order valence-corrected chi connectivity index (χ1v) is 14.7. The molecule has 0 aliphatic carbocycles. The number of hydrogen-bond acceptors (Lipinski definition) is 5. The van der Waals surface area contributed by atoms with Gasteiger partial charge in [-0.3, -0.25) is 4.79 Å². The molecule has 3 aromatic carbocycles.